The maximum atomic E-state index is 13.5. The first-order valence-corrected chi connectivity index (χ1v) is 13.0. The summed E-state index contributed by atoms with van der Waals surface area (Å²) in [5.74, 6) is -0.368. The third-order valence-electron chi connectivity index (χ3n) is 6.06. The summed E-state index contributed by atoms with van der Waals surface area (Å²) >= 11 is 0. The van der Waals surface area contributed by atoms with Crippen LogP contribution < -0.4 is 15.6 Å². The van der Waals surface area contributed by atoms with Crippen LogP contribution in [0.3, 0.4) is 0 Å². The first-order chi connectivity index (χ1) is 16.8. The molecule has 3 aromatic rings. The molecule has 0 spiro atoms. The van der Waals surface area contributed by atoms with Gasteiger partial charge in [0.15, 0.2) is 0 Å². The summed E-state index contributed by atoms with van der Waals surface area (Å²) in [4.78, 5) is 14.6. The molecule has 0 radical (unpaired) electrons. The summed E-state index contributed by atoms with van der Waals surface area (Å²) in [6, 6.07) is 21.4. The Morgan fingerprint density at radius 1 is 1.03 bits per heavy atom. The molecule has 2 atom stereocenters. The van der Waals surface area contributed by atoms with Crippen LogP contribution in [0.5, 0.6) is 0 Å². The first-order valence-electron chi connectivity index (χ1n) is 11.5. The molecule has 35 heavy (non-hydrogen) atoms. The lowest BCUT2D eigenvalue weighted by Crippen LogP contribution is -2.32. The Balaban J connectivity index is 1.24. The maximum absolute atomic E-state index is 13.5. The number of benzene rings is 3. The molecule has 3 aromatic carbocycles. The highest BCUT2D eigenvalue weighted by atomic mass is 32.2. The van der Waals surface area contributed by atoms with E-state index in [9.17, 15) is 17.6 Å². The maximum Gasteiger partial charge on any atom is 0.261 e. The Labute approximate surface area is 205 Å². The van der Waals surface area contributed by atoms with E-state index in [-0.39, 0.29) is 28.7 Å². The Morgan fingerprint density at radius 3 is 2.49 bits per heavy atom. The van der Waals surface area contributed by atoms with E-state index in [4.69, 9.17) is 0 Å². The van der Waals surface area contributed by atoms with Gasteiger partial charge in [-0.1, -0.05) is 30.3 Å². The SMILES string of the molecule is CN(CCCC1CC(c2cccc(F)c2)NN1)C(=O)c1ccc(NS(=O)(=O)c2ccccc2)cc1. The molecular formula is C26H29FN4O3S. The van der Waals surface area contributed by atoms with Crippen molar-refractivity contribution in [2.75, 3.05) is 18.3 Å². The molecule has 0 aliphatic carbocycles. The van der Waals surface area contributed by atoms with E-state index in [1.165, 1.54) is 18.2 Å². The number of hydrogen-bond acceptors (Lipinski definition) is 5. The predicted octanol–water partition coefficient (Wildman–Crippen LogP) is 4.09. The molecule has 9 heteroatoms. The normalized spacial score (nSPS) is 17.8. The van der Waals surface area contributed by atoms with Crippen LogP contribution in [0.15, 0.2) is 83.8 Å². The van der Waals surface area contributed by atoms with E-state index in [1.807, 2.05) is 6.07 Å². The van der Waals surface area contributed by atoms with Gasteiger partial charge in [-0.15, -0.1) is 0 Å². The van der Waals surface area contributed by atoms with Crippen molar-refractivity contribution < 1.29 is 17.6 Å². The highest BCUT2D eigenvalue weighted by Crippen LogP contribution is 2.24. The van der Waals surface area contributed by atoms with Crippen LogP contribution in [-0.4, -0.2) is 38.9 Å². The minimum absolute atomic E-state index is 0.0629. The number of rotatable bonds is 9. The lowest BCUT2D eigenvalue weighted by atomic mass is 9.99. The monoisotopic (exact) mass is 496 g/mol. The quantitative estimate of drug-likeness (QED) is 0.415. The predicted molar refractivity (Wildman–Crippen MR) is 134 cm³/mol. The van der Waals surface area contributed by atoms with E-state index < -0.39 is 10.0 Å². The molecule has 1 aliphatic heterocycles. The fourth-order valence-electron chi connectivity index (χ4n) is 4.14. The summed E-state index contributed by atoms with van der Waals surface area (Å²) in [5.41, 5.74) is 8.28. The van der Waals surface area contributed by atoms with Crippen molar-refractivity contribution in [3.63, 3.8) is 0 Å². The fourth-order valence-corrected chi connectivity index (χ4v) is 5.22. The number of amides is 1. The first kappa shape index (κ1) is 24.8. The lowest BCUT2D eigenvalue weighted by molar-refractivity contribution is 0.0791. The summed E-state index contributed by atoms with van der Waals surface area (Å²) < 4.78 is 40.9. The molecule has 184 valence electrons. The van der Waals surface area contributed by atoms with Gasteiger partial charge in [-0.2, -0.15) is 0 Å². The second kappa shape index (κ2) is 11.0. The van der Waals surface area contributed by atoms with Crippen molar-refractivity contribution >= 4 is 21.6 Å². The number of hydrogen-bond donors (Lipinski definition) is 3. The standard InChI is InChI=1S/C26H29FN4O3S/c1-31(16-6-9-23-18-25(29-28-23)20-7-5-8-21(27)17-20)26(32)19-12-14-22(15-13-19)30-35(33,34)24-10-3-2-4-11-24/h2-5,7-8,10-15,17,23,25,28-30H,6,9,16,18H2,1H3. The van der Waals surface area contributed by atoms with Crippen LogP contribution in [0, 0.1) is 5.82 Å². The van der Waals surface area contributed by atoms with Gasteiger partial charge in [0.25, 0.3) is 15.9 Å². The van der Waals surface area contributed by atoms with Crippen molar-refractivity contribution in [2.45, 2.75) is 36.2 Å². The lowest BCUT2D eigenvalue weighted by Gasteiger charge is -2.18. The molecule has 3 N–H and O–H groups in total. The fraction of sp³-hybridized carbons (Fsp3) is 0.269. The number of carbonyl (C=O) groups excluding carboxylic acids is 1. The number of nitrogens with zero attached hydrogens (tertiary/aromatic N) is 1. The summed E-state index contributed by atoms with van der Waals surface area (Å²) in [6.07, 6.45) is 2.53. The summed E-state index contributed by atoms with van der Waals surface area (Å²) in [7, 11) is -1.93. The number of carbonyl (C=O) groups is 1. The smallest absolute Gasteiger partial charge is 0.261 e. The molecule has 1 fully saturated rings. The van der Waals surface area contributed by atoms with Crippen molar-refractivity contribution in [3.05, 3.63) is 95.8 Å². The van der Waals surface area contributed by atoms with Crippen LogP contribution in [0.4, 0.5) is 10.1 Å². The highest BCUT2D eigenvalue weighted by molar-refractivity contribution is 7.92. The second-order valence-electron chi connectivity index (χ2n) is 8.69. The number of halogens is 1. The van der Waals surface area contributed by atoms with E-state index in [1.54, 1.807) is 66.5 Å². The molecule has 7 nitrogen and oxygen atoms in total. The average Bonchev–Trinajstić information content (AvgIpc) is 3.33. The minimum Gasteiger partial charge on any atom is -0.342 e. The third-order valence-corrected chi connectivity index (χ3v) is 7.46. The van der Waals surface area contributed by atoms with Crippen molar-refractivity contribution in [1.82, 2.24) is 15.8 Å². The molecular weight excluding hydrogens is 467 g/mol. The van der Waals surface area contributed by atoms with E-state index in [2.05, 4.69) is 15.6 Å². The second-order valence-corrected chi connectivity index (χ2v) is 10.4. The number of hydrazine groups is 1. The van der Waals surface area contributed by atoms with Gasteiger partial charge in [0, 0.05) is 36.9 Å². The highest BCUT2D eigenvalue weighted by Gasteiger charge is 2.25. The van der Waals surface area contributed by atoms with Crippen LogP contribution in [0.2, 0.25) is 0 Å². The Bertz CT molecular complexity index is 1250. The number of anilines is 1. The average molecular weight is 497 g/mol. The van der Waals surface area contributed by atoms with Gasteiger partial charge in [0.05, 0.1) is 4.90 Å². The van der Waals surface area contributed by atoms with Crippen LogP contribution in [0.25, 0.3) is 0 Å². The number of nitrogens with one attached hydrogen (secondary N) is 3. The van der Waals surface area contributed by atoms with Crippen molar-refractivity contribution in [2.24, 2.45) is 0 Å². The van der Waals surface area contributed by atoms with E-state index in [0.717, 1.165) is 24.8 Å². The molecule has 1 amide bonds. The molecule has 1 saturated heterocycles. The summed E-state index contributed by atoms with van der Waals surface area (Å²) in [5, 5.41) is 0. The molecule has 4 rings (SSSR count). The van der Waals surface area contributed by atoms with Crippen LogP contribution in [0.1, 0.15) is 41.2 Å². The third kappa shape index (κ3) is 6.45. The Morgan fingerprint density at radius 2 is 1.77 bits per heavy atom. The van der Waals surface area contributed by atoms with Gasteiger partial charge in [0.1, 0.15) is 5.82 Å². The zero-order chi connectivity index (χ0) is 24.8. The molecule has 0 aromatic heterocycles. The van der Waals surface area contributed by atoms with Gasteiger partial charge in [-0.25, -0.2) is 12.8 Å². The molecule has 1 aliphatic rings. The molecule has 1 heterocycles. The van der Waals surface area contributed by atoms with Crippen molar-refractivity contribution in [1.29, 1.82) is 0 Å². The largest absolute Gasteiger partial charge is 0.342 e. The number of sulfonamides is 1. The molecule has 0 saturated carbocycles. The molecule has 2 unspecified atom stereocenters. The Hall–Kier alpha value is -3.27. The van der Waals surface area contributed by atoms with Gasteiger partial charge in [-0.05, 0) is 73.4 Å². The van der Waals surface area contributed by atoms with Gasteiger partial charge < -0.3 is 4.90 Å². The topological polar surface area (TPSA) is 90.5 Å². The van der Waals surface area contributed by atoms with E-state index in [0.29, 0.717) is 17.8 Å². The zero-order valence-electron chi connectivity index (χ0n) is 19.4. The Kier molecular flexibility index (Phi) is 7.80. The van der Waals surface area contributed by atoms with Gasteiger partial charge >= 0.3 is 0 Å². The summed E-state index contributed by atoms with van der Waals surface area (Å²) in [6.45, 7) is 0.587. The zero-order valence-corrected chi connectivity index (χ0v) is 20.3. The van der Waals surface area contributed by atoms with Gasteiger partial charge in [-0.3, -0.25) is 20.4 Å². The van der Waals surface area contributed by atoms with Crippen LogP contribution >= 0.6 is 0 Å². The molecule has 0 bridgehead atoms. The van der Waals surface area contributed by atoms with E-state index >= 15 is 0 Å². The minimum atomic E-state index is -3.68. The van der Waals surface area contributed by atoms with Crippen LogP contribution in [-0.2, 0) is 10.0 Å². The van der Waals surface area contributed by atoms with Crippen molar-refractivity contribution in [3.8, 4) is 0 Å². The van der Waals surface area contributed by atoms with Gasteiger partial charge in [0.2, 0.25) is 0 Å².